The summed E-state index contributed by atoms with van der Waals surface area (Å²) in [5, 5.41) is 3.86. The maximum atomic E-state index is 12.8. The number of carbonyl (C=O) groups excluding carboxylic acids is 1. The minimum absolute atomic E-state index is 0.204. The molecule has 146 valence electrons. The number of benzene rings is 2. The van der Waals surface area contributed by atoms with Crippen LogP contribution in [0.1, 0.15) is 21.6 Å². The van der Waals surface area contributed by atoms with Crippen LogP contribution in [-0.4, -0.2) is 25.4 Å². The van der Waals surface area contributed by atoms with Gasteiger partial charge in [0.2, 0.25) is 0 Å². The van der Waals surface area contributed by atoms with Gasteiger partial charge in [-0.2, -0.15) is 0 Å². The van der Waals surface area contributed by atoms with Crippen LogP contribution >= 0.6 is 0 Å². The summed E-state index contributed by atoms with van der Waals surface area (Å²) in [7, 11) is 0. The van der Waals surface area contributed by atoms with Gasteiger partial charge in [0.1, 0.15) is 12.1 Å². The Morgan fingerprint density at radius 2 is 1.80 bits per heavy atom. The zero-order valence-corrected chi connectivity index (χ0v) is 16.6. The van der Waals surface area contributed by atoms with Crippen LogP contribution in [0, 0.1) is 13.8 Å². The highest BCUT2D eigenvalue weighted by atomic mass is 16.1. The number of pyridine rings is 2. The van der Waals surface area contributed by atoms with Crippen molar-refractivity contribution in [2.75, 3.05) is 5.32 Å². The van der Waals surface area contributed by atoms with Crippen molar-refractivity contribution in [1.82, 2.24) is 19.5 Å². The molecule has 0 aliphatic heterocycles. The van der Waals surface area contributed by atoms with Gasteiger partial charge in [0, 0.05) is 5.39 Å². The molecule has 5 aromatic rings. The van der Waals surface area contributed by atoms with Crippen molar-refractivity contribution in [3.05, 3.63) is 90.0 Å². The number of para-hydroxylation sites is 2. The summed E-state index contributed by atoms with van der Waals surface area (Å²) in [5.41, 5.74) is 5.79. The van der Waals surface area contributed by atoms with Crippen molar-refractivity contribution in [3.8, 4) is 5.82 Å². The SMILES string of the molecule is Cc1ccc2cc(C(=O)Nc3ccc(-n4cnc5ccccc54)nc3)c(C)nc2c1. The van der Waals surface area contributed by atoms with E-state index in [-0.39, 0.29) is 5.91 Å². The number of carbonyl (C=O) groups is 1. The van der Waals surface area contributed by atoms with Gasteiger partial charge in [-0.1, -0.05) is 24.3 Å². The van der Waals surface area contributed by atoms with Crippen molar-refractivity contribution in [2.24, 2.45) is 0 Å². The van der Waals surface area contributed by atoms with Gasteiger partial charge < -0.3 is 5.32 Å². The Hall–Kier alpha value is -4.06. The lowest BCUT2D eigenvalue weighted by molar-refractivity contribution is 0.102. The molecule has 0 bridgehead atoms. The highest BCUT2D eigenvalue weighted by molar-refractivity contribution is 6.06. The van der Waals surface area contributed by atoms with Crippen molar-refractivity contribution in [3.63, 3.8) is 0 Å². The maximum absolute atomic E-state index is 12.8. The highest BCUT2D eigenvalue weighted by Crippen LogP contribution is 2.20. The second-order valence-corrected chi connectivity index (χ2v) is 7.28. The van der Waals surface area contributed by atoms with Gasteiger partial charge in [0.25, 0.3) is 5.91 Å². The first-order valence-corrected chi connectivity index (χ1v) is 9.66. The first kappa shape index (κ1) is 18.0. The minimum Gasteiger partial charge on any atom is -0.321 e. The fourth-order valence-corrected chi connectivity index (χ4v) is 3.55. The van der Waals surface area contributed by atoms with Crippen LogP contribution in [0.4, 0.5) is 5.69 Å². The molecule has 1 N–H and O–H groups in total. The topological polar surface area (TPSA) is 72.7 Å². The number of imidazole rings is 1. The smallest absolute Gasteiger partial charge is 0.257 e. The summed E-state index contributed by atoms with van der Waals surface area (Å²) >= 11 is 0. The zero-order valence-electron chi connectivity index (χ0n) is 16.6. The standard InChI is InChI=1S/C24H19N5O/c1-15-7-8-17-12-19(16(2)27-21(17)11-15)24(30)28-18-9-10-23(25-13-18)29-14-26-20-5-3-4-6-22(20)29/h3-14H,1-2H3,(H,28,30). The Bertz CT molecular complexity index is 1400. The summed E-state index contributed by atoms with van der Waals surface area (Å²) < 4.78 is 1.92. The van der Waals surface area contributed by atoms with E-state index in [1.165, 1.54) is 0 Å². The number of rotatable bonds is 3. The summed E-state index contributed by atoms with van der Waals surface area (Å²) in [6.07, 6.45) is 3.40. The van der Waals surface area contributed by atoms with Gasteiger partial charge in [-0.15, -0.1) is 0 Å². The van der Waals surface area contributed by atoms with Crippen molar-refractivity contribution >= 4 is 33.5 Å². The van der Waals surface area contributed by atoms with Gasteiger partial charge in [-0.25, -0.2) is 9.97 Å². The van der Waals surface area contributed by atoms with Crippen LogP contribution in [0.5, 0.6) is 0 Å². The van der Waals surface area contributed by atoms with E-state index >= 15 is 0 Å². The second kappa shape index (κ2) is 7.08. The van der Waals surface area contributed by atoms with E-state index in [2.05, 4.69) is 20.3 Å². The number of nitrogens with one attached hydrogen (secondary N) is 1. The van der Waals surface area contributed by atoms with Crippen LogP contribution in [0.3, 0.4) is 0 Å². The van der Waals surface area contributed by atoms with E-state index in [9.17, 15) is 4.79 Å². The predicted molar refractivity (Wildman–Crippen MR) is 118 cm³/mol. The number of aryl methyl sites for hydroxylation is 2. The molecule has 0 unspecified atom stereocenters. The maximum Gasteiger partial charge on any atom is 0.257 e. The molecule has 1 amide bonds. The van der Waals surface area contributed by atoms with E-state index in [1.807, 2.05) is 79.1 Å². The lowest BCUT2D eigenvalue weighted by Crippen LogP contribution is -2.14. The number of hydrogen-bond donors (Lipinski definition) is 1. The fourth-order valence-electron chi connectivity index (χ4n) is 3.55. The van der Waals surface area contributed by atoms with Gasteiger partial charge >= 0.3 is 0 Å². The van der Waals surface area contributed by atoms with E-state index < -0.39 is 0 Å². The van der Waals surface area contributed by atoms with E-state index in [4.69, 9.17) is 0 Å². The molecule has 0 aliphatic carbocycles. The van der Waals surface area contributed by atoms with Crippen molar-refractivity contribution in [2.45, 2.75) is 13.8 Å². The molecule has 0 saturated carbocycles. The number of amides is 1. The van der Waals surface area contributed by atoms with E-state index in [0.717, 1.165) is 33.3 Å². The van der Waals surface area contributed by atoms with Crippen LogP contribution in [0.2, 0.25) is 0 Å². The monoisotopic (exact) mass is 393 g/mol. The average Bonchev–Trinajstić information content (AvgIpc) is 3.18. The van der Waals surface area contributed by atoms with Gasteiger partial charge in [0.05, 0.1) is 39.7 Å². The zero-order chi connectivity index (χ0) is 20.7. The van der Waals surface area contributed by atoms with Crippen molar-refractivity contribution < 1.29 is 4.79 Å². The fraction of sp³-hybridized carbons (Fsp3) is 0.0833. The molecule has 0 fully saturated rings. The Morgan fingerprint density at radius 3 is 2.63 bits per heavy atom. The molecule has 2 aromatic carbocycles. The third-order valence-corrected chi connectivity index (χ3v) is 5.11. The molecule has 30 heavy (non-hydrogen) atoms. The Morgan fingerprint density at radius 1 is 0.933 bits per heavy atom. The number of hydrogen-bond acceptors (Lipinski definition) is 4. The Balaban J connectivity index is 1.41. The number of fused-ring (bicyclic) bond motifs is 2. The molecule has 0 radical (unpaired) electrons. The molecule has 3 heterocycles. The molecular formula is C24H19N5O. The average molecular weight is 393 g/mol. The quantitative estimate of drug-likeness (QED) is 0.476. The third-order valence-electron chi connectivity index (χ3n) is 5.11. The predicted octanol–water partition coefficient (Wildman–Crippen LogP) is 4.84. The van der Waals surface area contributed by atoms with Crippen molar-refractivity contribution in [1.29, 1.82) is 0 Å². The summed E-state index contributed by atoms with van der Waals surface area (Å²) in [4.78, 5) is 26.3. The van der Waals surface area contributed by atoms with Gasteiger partial charge in [-0.05, 0) is 55.8 Å². The number of nitrogens with zero attached hydrogens (tertiary/aromatic N) is 4. The summed E-state index contributed by atoms with van der Waals surface area (Å²) in [6.45, 7) is 3.88. The van der Waals surface area contributed by atoms with Crippen LogP contribution < -0.4 is 5.32 Å². The first-order valence-electron chi connectivity index (χ1n) is 9.66. The van der Waals surface area contributed by atoms with E-state index in [0.29, 0.717) is 16.9 Å². The normalized spacial score (nSPS) is 11.1. The lowest BCUT2D eigenvalue weighted by Gasteiger charge is -2.10. The molecule has 0 aliphatic rings. The van der Waals surface area contributed by atoms with E-state index in [1.54, 1.807) is 12.5 Å². The van der Waals surface area contributed by atoms with Crippen LogP contribution in [0.25, 0.3) is 27.8 Å². The Kier molecular flexibility index (Phi) is 4.25. The molecule has 6 heteroatoms. The number of anilines is 1. The lowest BCUT2D eigenvalue weighted by atomic mass is 10.1. The molecule has 3 aromatic heterocycles. The molecule has 0 saturated heterocycles. The molecular weight excluding hydrogens is 374 g/mol. The highest BCUT2D eigenvalue weighted by Gasteiger charge is 2.13. The molecule has 0 atom stereocenters. The molecule has 5 rings (SSSR count). The van der Waals surface area contributed by atoms with Crippen LogP contribution in [0.15, 0.2) is 73.2 Å². The minimum atomic E-state index is -0.204. The van der Waals surface area contributed by atoms with Gasteiger partial charge in [-0.3, -0.25) is 14.3 Å². The van der Waals surface area contributed by atoms with Gasteiger partial charge in [0.15, 0.2) is 0 Å². The molecule has 0 spiro atoms. The number of aromatic nitrogens is 4. The largest absolute Gasteiger partial charge is 0.321 e. The Labute approximate surface area is 173 Å². The summed E-state index contributed by atoms with van der Waals surface area (Å²) in [5.74, 6) is 0.533. The first-order chi connectivity index (χ1) is 14.6. The molecule has 6 nitrogen and oxygen atoms in total. The summed E-state index contributed by atoms with van der Waals surface area (Å²) in [6, 6.07) is 19.5. The third kappa shape index (κ3) is 3.18. The van der Waals surface area contributed by atoms with Crippen LogP contribution in [-0.2, 0) is 0 Å². The second-order valence-electron chi connectivity index (χ2n) is 7.28.